The van der Waals surface area contributed by atoms with Gasteiger partial charge in [0.1, 0.15) is 10.6 Å². The SMILES string of the molecule is O=C(NCCN1CCOCC1)Nc1nc2ccc(OS(=O)(=O)c3ccc(NCCc4ccccc4)cc3)cc2[nH]1. The molecule has 1 saturated heterocycles. The zero-order valence-electron chi connectivity index (χ0n) is 21.9. The van der Waals surface area contributed by atoms with E-state index in [1.165, 1.54) is 29.8 Å². The fraction of sp³-hybridized carbons (Fsp3) is 0.286. The van der Waals surface area contributed by atoms with Gasteiger partial charge in [0.2, 0.25) is 5.95 Å². The molecular formula is C28H32N6O5S. The highest BCUT2D eigenvalue weighted by atomic mass is 32.2. The average molecular weight is 565 g/mol. The number of hydrogen-bond acceptors (Lipinski definition) is 8. The lowest BCUT2D eigenvalue weighted by Gasteiger charge is -2.26. The number of benzene rings is 3. The van der Waals surface area contributed by atoms with Crippen molar-refractivity contribution in [2.75, 3.05) is 56.6 Å². The minimum atomic E-state index is -4.05. The molecule has 0 aliphatic carbocycles. The van der Waals surface area contributed by atoms with Crippen LogP contribution in [0.5, 0.6) is 5.75 Å². The van der Waals surface area contributed by atoms with Gasteiger partial charge < -0.3 is 24.5 Å². The van der Waals surface area contributed by atoms with Gasteiger partial charge >= 0.3 is 16.1 Å². The summed E-state index contributed by atoms with van der Waals surface area (Å²) in [5.41, 5.74) is 3.12. The highest BCUT2D eigenvalue weighted by Gasteiger charge is 2.18. The number of anilines is 2. The number of urea groups is 1. The van der Waals surface area contributed by atoms with Crippen LogP contribution in [0.15, 0.2) is 77.7 Å². The molecule has 40 heavy (non-hydrogen) atoms. The van der Waals surface area contributed by atoms with Crippen molar-refractivity contribution >= 4 is 38.8 Å². The molecule has 2 heterocycles. The molecule has 1 aliphatic heterocycles. The molecule has 4 aromatic rings. The van der Waals surface area contributed by atoms with Gasteiger partial charge in [0, 0.05) is 44.5 Å². The summed E-state index contributed by atoms with van der Waals surface area (Å²) in [6.45, 7) is 5.07. The van der Waals surface area contributed by atoms with Gasteiger partial charge in [0.15, 0.2) is 0 Å². The molecule has 0 atom stereocenters. The van der Waals surface area contributed by atoms with Crippen molar-refractivity contribution in [1.82, 2.24) is 20.2 Å². The molecule has 0 unspecified atom stereocenters. The fourth-order valence-electron chi connectivity index (χ4n) is 4.31. The van der Waals surface area contributed by atoms with Crippen LogP contribution in [0, 0.1) is 0 Å². The number of morpholine rings is 1. The Kier molecular flexibility index (Phi) is 8.79. The Morgan fingerprint density at radius 1 is 1.00 bits per heavy atom. The van der Waals surface area contributed by atoms with Crippen LogP contribution in [0.1, 0.15) is 5.56 Å². The molecule has 1 aliphatic rings. The van der Waals surface area contributed by atoms with Crippen molar-refractivity contribution in [3.8, 4) is 5.75 Å². The molecular weight excluding hydrogens is 532 g/mol. The highest BCUT2D eigenvalue weighted by Crippen LogP contribution is 2.24. The second kappa shape index (κ2) is 12.8. The maximum absolute atomic E-state index is 12.9. The van der Waals surface area contributed by atoms with Crippen molar-refractivity contribution in [2.24, 2.45) is 0 Å². The lowest BCUT2D eigenvalue weighted by molar-refractivity contribution is 0.0388. The summed E-state index contributed by atoms with van der Waals surface area (Å²) in [7, 11) is -4.05. The van der Waals surface area contributed by atoms with E-state index in [0.717, 1.165) is 38.3 Å². The van der Waals surface area contributed by atoms with Crippen LogP contribution >= 0.6 is 0 Å². The summed E-state index contributed by atoms with van der Waals surface area (Å²) < 4.78 is 36.4. The molecule has 3 aromatic carbocycles. The average Bonchev–Trinajstić information content (AvgIpc) is 3.35. The number of hydrogen-bond donors (Lipinski definition) is 4. The van der Waals surface area contributed by atoms with Gasteiger partial charge in [-0.1, -0.05) is 30.3 Å². The van der Waals surface area contributed by atoms with E-state index in [1.54, 1.807) is 18.2 Å². The number of aromatic nitrogens is 2. The fourth-order valence-corrected chi connectivity index (χ4v) is 5.24. The molecule has 0 radical (unpaired) electrons. The third-order valence-electron chi connectivity index (χ3n) is 6.44. The van der Waals surface area contributed by atoms with E-state index in [1.807, 2.05) is 18.2 Å². The van der Waals surface area contributed by atoms with Gasteiger partial charge in [-0.25, -0.2) is 9.78 Å². The molecule has 0 saturated carbocycles. The normalized spacial score (nSPS) is 14.1. The number of carbonyl (C=O) groups is 1. The lowest BCUT2D eigenvalue weighted by atomic mass is 10.1. The van der Waals surface area contributed by atoms with Gasteiger partial charge in [-0.3, -0.25) is 10.2 Å². The maximum Gasteiger partial charge on any atom is 0.339 e. The van der Waals surface area contributed by atoms with Crippen LogP contribution in [0.25, 0.3) is 11.0 Å². The first-order valence-electron chi connectivity index (χ1n) is 13.1. The molecule has 11 nitrogen and oxygen atoms in total. The number of H-pyrrole nitrogens is 1. The van der Waals surface area contributed by atoms with E-state index in [0.29, 0.717) is 30.8 Å². The molecule has 5 rings (SSSR count). The Balaban J connectivity index is 1.13. The van der Waals surface area contributed by atoms with Gasteiger partial charge in [-0.15, -0.1) is 0 Å². The number of aromatic amines is 1. The number of imidazole rings is 1. The molecule has 1 fully saturated rings. The monoisotopic (exact) mass is 564 g/mol. The van der Waals surface area contributed by atoms with Crippen molar-refractivity contribution in [3.05, 3.63) is 78.4 Å². The van der Waals surface area contributed by atoms with Crippen molar-refractivity contribution in [3.63, 3.8) is 0 Å². The molecule has 1 aromatic heterocycles. The number of rotatable bonds is 11. The van der Waals surface area contributed by atoms with Crippen molar-refractivity contribution in [2.45, 2.75) is 11.3 Å². The van der Waals surface area contributed by atoms with E-state index in [-0.39, 0.29) is 22.6 Å². The Labute approximate surface area is 233 Å². The van der Waals surface area contributed by atoms with Gasteiger partial charge in [-0.2, -0.15) is 8.42 Å². The summed E-state index contributed by atoms with van der Waals surface area (Å²) in [6.07, 6.45) is 0.858. The van der Waals surface area contributed by atoms with E-state index in [9.17, 15) is 13.2 Å². The summed E-state index contributed by atoms with van der Waals surface area (Å²) in [4.78, 5) is 21.8. The topological polar surface area (TPSA) is 138 Å². The summed E-state index contributed by atoms with van der Waals surface area (Å²) in [6, 6.07) is 20.9. The largest absolute Gasteiger partial charge is 0.385 e. The first-order valence-corrected chi connectivity index (χ1v) is 14.5. The Morgan fingerprint density at radius 2 is 1.77 bits per heavy atom. The zero-order valence-corrected chi connectivity index (χ0v) is 22.7. The predicted molar refractivity (Wildman–Crippen MR) is 153 cm³/mol. The molecule has 12 heteroatoms. The summed E-state index contributed by atoms with van der Waals surface area (Å²) in [5.74, 6) is 0.372. The predicted octanol–water partition coefficient (Wildman–Crippen LogP) is 3.44. The van der Waals surface area contributed by atoms with E-state index >= 15 is 0 Å². The molecule has 4 N–H and O–H groups in total. The standard InChI is InChI=1S/C28H32N6O5S/c35-28(30-14-15-34-16-18-38-19-17-34)33-27-31-25-11-8-23(20-26(25)32-27)39-40(36,37)24-9-6-22(7-10-24)29-13-12-21-4-2-1-3-5-21/h1-11,20,29H,12-19H2,(H3,30,31,32,33,35). The summed E-state index contributed by atoms with van der Waals surface area (Å²) in [5, 5.41) is 8.77. The Morgan fingerprint density at radius 3 is 2.55 bits per heavy atom. The molecule has 0 bridgehead atoms. The lowest BCUT2D eigenvalue weighted by Crippen LogP contribution is -2.42. The van der Waals surface area contributed by atoms with E-state index < -0.39 is 10.1 Å². The van der Waals surface area contributed by atoms with Crippen LogP contribution in [-0.4, -0.2) is 75.3 Å². The van der Waals surface area contributed by atoms with E-state index in [2.05, 4.69) is 43.0 Å². The van der Waals surface area contributed by atoms with Crippen molar-refractivity contribution < 1.29 is 22.1 Å². The minimum Gasteiger partial charge on any atom is -0.385 e. The van der Waals surface area contributed by atoms with Crippen molar-refractivity contribution in [1.29, 1.82) is 0 Å². The quantitative estimate of drug-likeness (QED) is 0.203. The van der Waals surface area contributed by atoms with Crippen LogP contribution in [-0.2, 0) is 21.3 Å². The number of amides is 2. The third kappa shape index (κ3) is 7.50. The maximum atomic E-state index is 12.9. The second-order valence-electron chi connectivity index (χ2n) is 9.32. The van der Waals surface area contributed by atoms with Crippen LogP contribution in [0.2, 0.25) is 0 Å². The highest BCUT2D eigenvalue weighted by molar-refractivity contribution is 7.87. The van der Waals surface area contributed by atoms with Gasteiger partial charge in [0.25, 0.3) is 0 Å². The molecule has 2 amide bonds. The number of ether oxygens (including phenoxy) is 1. The van der Waals surface area contributed by atoms with Crippen LogP contribution < -0.4 is 20.1 Å². The summed E-state index contributed by atoms with van der Waals surface area (Å²) >= 11 is 0. The zero-order chi connectivity index (χ0) is 27.8. The molecule has 210 valence electrons. The Hall–Kier alpha value is -4.13. The first kappa shape index (κ1) is 27.4. The minimum absolute atomic E-state index is 0.0434. The second-order valence-corrected chi connectivity index (χ2v) is 10.9. The number of fused-ring (bicyclic) bond motifs is 1. The number of nitrogens with zero attached hydrogens (tertiary/aromatic N) is 2. The molecule has 0 spiro atoms. The van der Waals surface area contributed by atoms with Gasteiger partial charge in [-0.05, 0) is 48.4 Å². The smallest absolute Gasteiger partial charge is 0.339 e. The Bertz CT molecular complexity index is 1520. The third-order valence-corrected chi connectivity index (χ3v) is 7.70. The van der Waals surface area contributed by atoms with Crippen LogP contribution in [0.3, 0.4) is 0 Å². The number of carbonyl (C=O) groups excluding carboxylic acids is 1. The van der Waals surface area contributed by atoms with Gasteiger partial charge in [0.05, 0.1) is 24.2 Å². The van der Waals surface area contributed by atoms with E-state index in [4.69, 9.17) is 8.92 Å². The van der Waals surface area contributed by atoms with Crippen LogP contribution in [0.4, 0.5) is 16.4 Å². The number of nitrogens with one attached hydrogen (secondary N) is 4. The first-order chi connectivity index (χ1) is 19.4.